The van der Waals surface area contributed by atoms with Crippen LogP contribution in [0.15, 0.2) is 24.4 Å². The van der Waals surface area contributed by atoms with Crippen LogP contribution in [-0.2, 0) is 4.74 Å². The first kappa shape index (κ1) is 15.5. The van der Waals surface area contributed by atoms with Gasteiger partial charge in [0.25, 0.3) is 0 Å². The molecule has 0 saturated carbocycles. The third-order valence-electron chi connectivity index (χ3n) is 4.17. The van der Waals surface area contributed by atoms with Crippen molar-refractivity contribution >= 4 is 0 Å². The molecule has 0 spiro atoms. The summed E-state index contributed by atoms with van der Waals surface area (Å²) in [5.41, 5.74) is 0.932. The van der Waals surface area contributed by atoms with E-state index in [-0.39, 0.29) is 17.2 Å². The van der Waals surface area contributed by atoms with Crippen molar-refractivity contribution in [1.82, 2.24) is 10.3 Å². The van der Waals surface area contributed by atoms with Gasteiger partial charge in [-0.05, 0) is 59.2 Å². The van der Waals surface area contributed by atoms with Gasteiger partial charge < -0.3 is 10.1 Å². The van der Waals surface area contributed by atoms with Crippen LogP contribution in [0.3, 0.4) is 0 Å². The van der Waals surface area contributed by atoms with Gasteiger partial charge in [0.1, 0.15) is 0 Å². The van der Waals surface area contributed by atoms with Crippen molar-refractivity contribution in [3.63, 3.8) is 0 Å². The van der Waals surface area contributed by atoms with Crippen LogP contribution < -0.4 is 5.32 Å². The van der Waals surface area contributed by atoms with Gasteiger partial charge in [0.2, 0.25) is 0 Å². The lowest BCUT2D eigenvalue weighted by Crippen LogP contribution is -2.39. The summed E-state index contributed by atoms with van der Waals surface area (Å²) >= 11 is 0. The zero-order valence-electron chi connectivity index (χ0n) is 13.4. The first-order valence-corrected chi connectivity index (χ1v) is 7.70. The molecule has 2 rings (SSSR count). The largest absolute Gasteiger partial charge is 0.369 e. The van der Waals surface area contributed by atoms with Crippen LogP contribution in [0, 0.1) is 5.92 Å². The average molecular weight is 276 g/mol. The van der Waals surface area contributed by atoms with E-state index in [9.17, 15) is 0 Å². The second-order valence-corrected chi connectivity index (χ2v) is 6.96. The van der Waals surface area contributed by atoms with E-state index in [0.717, 1.165) is 25.1 Å². The van der Waals surface area contributed by atoms with E-state index >= 15 is 0 Å². The summed E-state index contributed by atoms with van der Waals surface area (Å²) in [7, 11) is 0. The highest BCUT2D eigenvalue weighted by atomic mass is 16.5. The van der Waals surface area contributed by atoms with Crippen molar-refractivity contribution < 1.29 is 4.74 Å². The molecule has 1 aromatic heterocycles. The van der Waals surface area contributed by atoms with E-state index in [0.29, 0.717) is 5.92 Å². The topological polar surface area (TPSA) is 34.2 Å². The molecule has 1 saturated heterocycles. The Balaban J connectivity index is 2.27. The average Bonchev–Trinajstić information content (AvgIpc) is 2.59. The molecule has 3 heteroatoms. The van der Waals surface area contributed by atoms with Crippen molar-refractivity contribution in [3.8, 4) is 0 Å². The minimum Gasteiger partial charge on any atom is -0.369 e. The van der Waals surface area contributed by atoms with Crippen molar-refractivity contribution in [2.24, 2.45) is 5.92 Å². The summed E-state index contributed by atoms with van der Waals surface area (Å²) in [6, 6.07) is 6.42. The Morgan fingerprint density at radius 2 is 2.10 bits per heavy atom. The molecule has 0 radical (unpaired) electrons. The lowest BCUT2D eigenvalue weighted by molar-refractivity contribution is -0.0780. The lowest BCUT2D eigenvalue weighted by Gasteiger charge is -2.33. The van der Waals surface area contributed by atoms with E-state index in [2.05, 4.69) is 57.1 Å². The molecular formula is C17H28N2O. The Labute approximate surface area is 123 Å². The van der Waals surface area contributed by atoms with Crippen LogP contribution in [0.5, 0.6) is 0 Å². The summed E-state index contributed by atoms with van der Waals surface area (Å²) in [6.07, 6.45) is 4.06. The number of hydrogen-bond acceptors (Lipinski definition) is 3. The molecule has 0 bridgehead atoms. The zero-order valence-corrected chi connectivity index (χ0v) is 13.4. The fourth-order valence-corrected chi connectivity index (χ4v) is 3.44. The van der Waals surface area contributed by atoms with Gasteiger partial charge in [-0.25, -0.2) is 0 Å². The minimum atomic E-state index is -0.133. The molecule has 20 heavy (non-hydrogen) atoms. The van der Waals surface area contributed by atoms with E-state index in [1.54, 1.807) is 0 Å². The third kappa shape index (κ3) is 3.39. The van der Waals surface area contributed by atoms with Crippen molar-refractivity contribution in [2.75, 3.05) is 6.54 Å². The Hall–Kier alpha value is -0.930. The standard InChI is InChI=1S/C17H28N2O/c1-6-10-19-15(14-9-7-8-11-18-14)13-12-16(2,3)20-17(13,4)5/h7-9,11,13,15,19H,6,10,12H2,1-5H3. The van der Waals surface area contributed by atoms with Gasteiger partial charge >= 0.3 is 0 Å². The molecule has 3 nitrogen and oxygen atoms in total. The highest BCUT2D eigenvalue weighted by Gasteiger charge is 2.49. The molecular weight excluding hydrogens is 248 g/mol. The monoisotopic (exact) mass is 276 g/mol. The van der Waals surface area contributed by atoms with Crippen LogP contribution in [-0.4, -0.2) is 22.7 Å². The molecule has 1 aromatic rings. The van der Waals surface area contributed by atoms with Crippen LogP contribution in [0.1, 0.15) is 59.2 Å². The maximum absolute atomic E-state index is 6.26. The van der Waals surface area contributed by atoms with Crippen LogP contribution in [0.25, 0.3) is 0 Å². The first-order chi connectivity index (χ1) is 9.36. The van der Waals surface area contributed by atoms with Gasteiger partial charge in [-0.3, -0.25) is 4.98 Å². The second kappa shape index (κ2) is 5.82. The van der Waals surface area contributed by atoms with Crippen LogP contribution in [0.2, 0.25) is 0 Å². The molecule has 1 fully saturated rings. The summed E-state index contributed by atoms with van der Waals surface area (Å²) in [5, 5.41) is 3.68. The summed E-state index contributed by atoms with van der Waals surface area (Å²) in [5.74, 6) is 0.430. The fraction of sp³-hybridized carbons (Fsp3) is 0.706. The smallest absolute Gasteiger partial charge is 0.0681 e. The number of nitrogens with zero attached hydrogens (tertiary/aromatic N) is 1. The van der Waals surface area contributed by atoms with E-state index < -0.39 is 0 Å². The van der Waals surface area contributed by atoms with Crippen molar-refractivity contribution in [2.45, 2.75) is 64.7 Å². The van der Waals surface area contributed by atoms with Gasteiger partial charge in [-0.1, -0.05) is 13.0 Å². The lowest BCUT2D eigenvalue weighted by atomic mass is 9.80. The molecule has 2 heterocycles. The van der Waals surface area contributed by atoms with Gasteiger partial charge in [0.05, 0.1) is 22.9 Å². The maximum Gasteiger partial charge on any atom is 0.0681 e. The molecule has 0 aliphatic carbocycles. The number of hydrogen-bond donors (Lipinski definition) is 1. The van der Waals surface area contributed by atoms with Gasteiger partial charge in [-0.2, -0.15) is 0 Å². The molecule has 112 valence electrons. The van der Waals surface area contributed by atoms with E-state index in [1.165, 1.54) is 0 Å². The van der Waals surface area contributed by atoms with Crippen LogP contribution in [0.4, 0.5) is 0 Å². The number of aromatic nitrogens is 1. The predicted octanol–water partition coefficient (Wildman–Crippen LogP) is 3.72. The Bertz CT molecular complexity index is 428. The van der Waals surface area contributed by atoms with Gasteiger partial charge in [0.15, 0.2) is 0 Å². The first-order valence-electron chi connectivity index (χ1n) is 7.70. The Morgan fingerprint density at radius 3 is 2.60 bits per heavy atom. The Morgan fingerprint density at radius 1 is 1.35 bits per heavy atom. The number of ether oxygens (including phenoxy) is 1. The molecule has 2 atom stereocenters. The Kier molecular flexibility index (Phi) is 4.50. The highest BCUT2D eigenvalue weighted by molar-refractivity contribution is 5.14. The normalized spacial score (nSPS) is 25.6. The SMILES string of the molecule is CCCNC(c1ccccn1)C1CC(C)(C)OC1(C)C. The summed E-state index contributed by atoms with van der Waals surface area (Å²) in [6.45, 7) is 12.0. The molecule has 0 aromatic carbocycles. The number of rotatable bonds is 5. The predicted molar refractivity (Wildman–Crippen MR) is 82.6 cm³/mol. The van der Waals surface area contributed by atoms with Gasteiger partial charge in [-0.15, -0.1) is 0 Å². The molecule has 0 amide bonds. The highest BCUT2D eigenvalue weighted by Crippen LogP contribution is 2.47. The molecule has 1 N–H and O–H groups in total. The third-order valence-corrected chi connectivity index (χ3v) is 4.17. The fourth-order valence-electron chi connectivity index (χ4n) is 3.44. The zero-order chi connectivity index (χ0) is 14.8. The van der Waals surface area contributed by atoms with E-state index in [4.69, 9.17) is 4.74 Å². The summed E-state index contributed by atoms with van der Waals surface area (Å²) in [4.78, 5) is 4.57. The number of nitrogens with one attached hydrogen (secondary N) is 1. The number of pyridine rings is 1. The second-order valence-electron chi connectivity index (χ2n) is 6.96. The van der Waals surface area contributed by atoms with Gasteiger partial charge in [0, 0.05) is 12.1 Å². The van der Waals surface area contributed by atoms with Crippen molar-refractivity contribution in [3.05, 3.63) is 30.1 Å². The van der Waals surface area contributed by atoms with Crippen molar-refractivity contribution in [1.29, 1.82) is 0 Å². The molecule has 2 unspecified atom stereocenters. The molecule has 1 aliphatic rings. The maximum atomic E-state index is 6.26. The van der Waals surface area contributed by atoms with E-state index in [1.807, 2.05) is 12.3 Å². The van der Waals surface area contributed by atoms with Crippen LogP contribution >= 0.6 is 0 Å². The molecule has 1 aliphatic heterocycles. The quantitative estimate of drug-likeness (QED) is 0.890. The summed E-state index contributed by atoms with van der Waals surface area (Å²) < 4.78 is 6.26. The minimum absolute atomic E-state index is 0.0604.